The zero-order chi connectivity index (χ0) is 14.7. The van der Waals surface area contributed by atoms with Gasteiger partial charge in [0.25, 0.3) is 0 Å². The zero-order valence-electron chi connectivity index (χ0n) is 11.6. The SMILES string of the molecule is O=C1CCc2ccc(OCC(O)c3ccccc3)cc2N1. The molecule has 0 aliphatic carbocycles. The van der Waals surface area contributed by atoms with E-state index >= 15 is 0 Å². The van der Waals surface area contributed by atoms with Crippen molar-refractivity contribution in [3.63, 3.8) is 0 Å². The average Bonchev–Trinajstić information content (AvgIpc) is 2.53. The van der Waals surface area contributed by atoms with E-state index in [1.54, 1.807) is 0 Å². The topological polar surface area (TPSA) is 58.6 Å². The van der Waals surface area contributed by atoms with Gasteiger partial charge in [0.1, 0.15) is 18.5 Å². The predicted molar refractivity (Wildman–Crippen MR) is 80.3 cm³/mol. The van der Waals surface area contributed by atoms with Crippen LogP contribution in [0.4, 0.5) is 5.69 Å². The monoisotopic (exact) mass is 283 g/mol. The van der Waals surface area contributed by atoms with Crippen LogP contribution >= 0.6 is 0 Å². The molecule has 2 aromatic carbocycles. The molecule has 2 N–H and O–H groups in total. The minimum absolute atomic E-state index is 0.0315. The van der Waals surface area contributed by atoms with Crippen LogP contribution in [0.5, 0.6) is 5.75 Å². The third-order valence-electron chi connectivity index (χ3n) is 3.57. The van der Waals surface area contributed by atoms with Crippen molar-refractivity contribution in [3.05, 3.63) is 59.7 Å². The first-order chi connectivity index (χ1) is 10.2. The van der Waals surface area contributed by atoms with Crippen molar-refractivity contribution in [2.45, 2.75) is 18.9 Å². The summed E-state index contributed by atoms with van der Waals surface area (Å²) in [6.07, 6.45) is 0.616. The van der Waals surface area contributed by atoms with E-state index in [4.69, 9.17) is 4.74 Å². The Kier molecular flexibility index (Phi) is 3.88. The normalized spacial score (nSPS) is 15.0. The number of anilines is 1. The maximum Gasteiger partial charge on any atom is 0.224 e. The fourth-order valence-electron chi connectivity index (χ4n) is 2.39. The van der Waals surface area contributed by atoms with Gasteiger partial charge in [0.05, 0.1) is 0 Å². The summed E-state index contributed by atoms with van der Waals surface area (Å²) in [5.74, 6) is 0.676. The summed E-state index contributed by atoms with van der Waals surface area (Å²) in [7, 11) is 0. The molecule has 2 aromatic rings. The van der Waals surface area contributed by atoms with Crippen molar-refractivity contribution in [1.82, 2.24) is 0 Å². The number of hydrogen-bond acceptors (Lipinski definition) is 3. The standard InChI is InChI=1S/C17H17NO3/c19-16(13-4-2-1-3-5-13)11-21-14-8-6-12-7-9-17(20)18-15(12)10-14/h1-6,8,10,16,19H,7,9,11H2,(H,18,20). The van der Waals surface area contributed by atoms with Crippen molar-refractivity contribution in [2.24, 2.45) is 0 Å². The number of aryl methyl sites for hydroxylation is 1. The summed E-state index contributed by atoms with van der Waals surface area (Å²) in [5.41, 5.74) is 2.74. The molecule has 0 bridgehead atoms. The second kappa shape index (κ2) is 5.97. The molecular weight excluding hydrogens is 266 g/mol. The van der Waals surface area contributed by atoms with E-state index in [0.717, 1.165) is 23.2 Å². The van der Waals surface area contributed by atoms with Crippen molar-refractivity contribution in [2.75, 3.05) is 11.9 Å². The summed E-state index contributed by atoms with van der Waals surface area (Å²) < 4.78 is 5.62. The van der Waals surface area contributed by atoms with Crippen LogP contribution < -0.4 is 10.1 Å². The lowest BCUT2D eigenvalue weighted by Gasteiger charge is -2.18. The lowest BCUT2D eigenvalue weighted by molar-refractivity contribution is -0.116. The summed E-state index contributed by atoms with van der Waals surface area (Å²) in [5, 5.41) is 12.9. The number of benzene rings is 2. The lowest BCUT2D eigenvalue weighted by atomic mass is 10.0. The molecule has 0 radical (unpaired) electrons. The Morgan fingerprint density at radius 2 is 1.95 bits per heavy atom. The van der Waals surface area contributed by atoms with Gasteiger partial charge in [0, 0.05) is 18.2 Å². The first-order valence-electron chi connectivity index (χ1n) is 7.01. The Morgan fingerprint density at radius 1 is 1.14 bits per heavy atom. The smallest absolute Gasteiger partial charge is 0.224 e. The van der Waals surface area contributed by atoms with Crippen molar-refractivity contribution >= 4 is 11.6 Å². The van der Waals surface area contributed by atoms with E-state index in [1.807, 2.05) is 48.5 Å². The molecule has 21 heavy (non-hydrogen) atoms. The highest BCUT2D eigenvalue weighted by Gasteiger charge is 2.15. The van der Waals surface area contributed by atoms with Gasteiger partial charge >= 0.3 is 0 Å². The highest BCUT2D eigenvalue weighted by atomic mass is 16.5. The molecule has 4 heteroatoms. The second-order valence-corrected chi connectivity index (χ2v) is 5.10. The predicted octanol–water partition coefficient (Wildman–Crippen LogP) is 2.68. The summed E-state index contributed by atoms with van der Waals surface area (Å²) in [4.78, 5) is 11.4. The van der Waals surface area contributed by atoms with Gasteiger partial charge in [-0.3, -0.25) is 4.79 Å². The molecule has 1 unspecified atom stereocenters. The number of rotatable bonds is 4. The molecule has 1 aliphatic rings. The number of fused-ring (bicyclic) bond motifs is 1. The van der Waals surface area contributed by atoms with Crippen molar-refractivity contribution < 1.29 is 14.6 Å². The summed E-state index contributed by atoms with van der Waals surface area (Å²) in [6.45, 7) is 0.177. The van der Waals surface area contributed by atoms with Crippen molar-refractivity contribution in [3.8, 4) is 5.75 Å². The number of aliphatic hydroxyl groups excluding tert-OH is 1. The van der Waals surface area contributed by atoms with Gasteiger partial charge in [-0.05, 0) is 23.6 Å². The minimum Gasteiger partial charge on any atom is -0.490 e. The highest BCUT2D eigenvalue weighted by Crippen LogP contribution is 2.27. The Morgan fingerprint density at radius 3 is 2.76 bits per heavy atom. The first-order valence-corrected chi connectivity index (χ1v) is 7.01. The average molecular weight is 283 g/mol. The van der Waals surface area contributed by atoms with Gasteiger partial charge in [-0.1, -0.05) is 36.4 Å². The van der Waals surface area contributed by atoms with Gasteiger partial charge in [-0.2, -0.15) is 0 Å². The van der Waals surface area contributed by atoms with Gasteiger partial charge in [-0.25, -0.2) is 0 Å². The third kappa shape index (κ3) is 3.23. The number of ether oxygens (including phenoxy) is 1. The number of nitrogens with one attached hydrogen (secondary N) is 1. The highest BCUT2D eigenvalue weighted by molar-refractivity contribution is 5.94. The molecule has 1 amide bonds. The van der Waals surface area contributed by atoms with Crippen LogP contribution in [0.1, 0.15) is 23.7 Å². The summed E-state index contributed by atoms with van der Waals surface area (Å²) in [6, 6.07) is 15.0. The fraction of sp³-hybridized carbons (Fsp3) is 0.235. The van der Waals surface area contributed by atoms with Gasteiger partial charge in [-0.15, -0.1) is 0 Å². The third-order valence-corrected chi connectivity index (χ3v) is 3.57. The minimum atomic E-state index is -0.670. The number of hydrogen-bond donors (Lipinski definition) is 2. The first kappa shape index (κ1) is 13.6. The molecule has 1 aliphatic heterocycles. The maximum absolute atomic E-state index is 11.4. The number of carbonyl (C=O) groups excluding carboxylic acids is 1. The molecular formula is C17H17NO3. The van der Waals surface area contributed by atoms with Crippen LogP contribution in [0.3, 0.4) is 0 Å². The summed E-state index contributed by atoms with van der Waals surface area (Å²) >= 11 is 0. The lowest BCUT2D eigenvalue weighted by Crippen LogP contribution is -2.19. The van der Waals surface area contributed by atoms with Crippen LogP contribution in [0.2, 0.25) is 0 Å². The van der Waals surface area contributed by atoms with E-state index in [2.05, 4.69) is 5.32 Å². The molecule has 3 rings (SSSR count). The van der Waals surface area contributed by atoms with Crippen molar-refractivity contribution in [1.29, 1.82) is 0 Å². The van der Waals surface area contributed by atoms with Crippen LogP contribution in [0.25, 0.3) is 0 Å². The van der Waals surface area contributed by atoms with E-state index < -0.39 is 6.10 Å². The molecule has 0 saturated heterocycles. The molecule has 108 valence electrons. The van der Waals surface area contributed by atoms with Gasteiger partial charge in [0.15, 0.2) is 0 Å². The second-order valence-electron chi connectivity index (χ2n) is 5.10. The number of carbonyl (C=O) groups is 1. The zero-order valence-corrected chi connectivity index (χ0v) is 11.6. The molecule has 0 spiro atoms. The Hall–Kier alpha value is -2.33. The molecule has 0 saturated carbocycles. The Labute approximate surface area is 123 Å². The molecule has 1 atom stereocenters. The molecule has 0 fully saturated rings. The van der Waals surface area contributed by atoms with Crippen LogP contribution in [-0.4, -0.2) is 17.6 Å². The fourth-order valence-corrected chi connectivity index (χ4v) is 2.39. The number of aliphatic hydroxyl groups is 1. The van der Waals surface area contributed by atoms with Crippen LogP contribution in [0, 0.1) is 0 Å². The quantitative estimate of drug-likeness (QED) is 0.907. The van der Waals surface area contributed by atoms with Gasteiger partial charge < -0.3 is 15.2 Å². The largest absolute Gasteiger partial charge is 0.490 e. The van der Waals surface area contributed by atoms with Crippen LogP contribution in [0.15, 0.2) is 48.5 Å². The number of amides is 1. The van der Waals surface area contributed by atoms with Crippen LogP contribution in [-0.2, 0) is 11.2 Å². The van der Waals surface area contributed by atoms with E-state index in [-0.39, 0.29) is 12.5 Å². The van der Waals surface area contributed by atoms with E-state index in [0.29, 0.717) is 12.2 Å². The van der Waals surface area contributed by atoms with E-state index in [1.165, 1.54) is 0 Å². The Bertz CT molecular complexity index is 640. The maximum atomic E-state index is 11.4. The molecule has 4 nitrogen and oxygen atoms in total. The molecule has 0 aromatic heterocycles. The van der Waals surface area contributed by atoms with Gasteiger partial charge in [0.2, 0.25) is 5.91 Å². The molecule has 1 heterocycles. The Balaban J connectivity index is 1.66. The van der Waals surface area contributed by atoms with E-state index in [9.17, 15) is 9.90 Å².